The number of benzene rings is 3. The van der Waals surface area contributed by atoms with Gasteiger partial charge in [-0.2, -0.15) is 0 Å². The number of fused-ring (bicyclic) bond motifs is 1. The zero-order valence-electron chi connectivity index (χ0n) is 15.5. The molecule has 1 heterocycles. The molecule has 4 nitrogen and oxygen atoms in total. The molecule has 0 amide bonds. The van der Waals surface area contributed by atoms with E-state index in [0.717, 1.165) is 5.56 Å². The highest BCUT2D eigenvalue weighted by Crippen LogP contribution is 2.33. The number of nitrogens with zero attached hydrogens (tertiary/aromatic N) is 1. The van der Waals surface area contributed by atoms with E-state index in [0.29, 0.717) is 16.6 Å². The highest BCUT2D eigenvalue weighted by Gasteiger charge is 2.28. The van der Waals surface area contributed by atoms with Gasteiger partial charge < -0.3 is 5.11 Å². The monoisotopic (exact) mass is 387 g/mol. The predicted octanol–water partition coefficient (Wildman–Crippen LogP) is 4.88. The first-order valence-electron chi connectivity index (χ1n) is 9.22. The van der Waals surface area contributed by atoms with Crippen molar-refractivity contribution >= 4 is 22.8 Å². The number of hydrogen-bond donors (Lipinski definition) is 1. The molecule has 29 heavy (non-hydrogen) atoms. The van der Waals surface area contributed by atoms with Gasteiger partial charge in [0, 0.05) is 17.1 Å². The Morgan fingerprint density at radius 2 is 1.55 bits per heavy atom. The van der Waals surface area contributed by atoms with Crippen LogP contribution in [0.15, 0.2) is 85.1 Å². The first kappa shape index (κ1) is 18.6. The minimum Gasteiger partial charge on any atom is -0.481 e. The van der Waals surface area contributed by atoms with Crippen LogP contribution in [0, 0.1) is 5.82 Å². The predicted molar refractivity (Wildman–Crippen MR) is 109 cm³/mol. The van der Waals surface area contributed by atoms with Gasteiger partial charge >= 0.3 is 5.97 Å². The fraction of sp³-hybridized carbons (Fsp3) is 0.0833. The molecule has 1 aromatic heterocycles. The molecule has 1 N–H and O–H groups in total. The zero-order chi connectivity index (χ0) is 20.4. The summed E-state index contributed by atoms with van der Waals surface area (Å²) in [7, 11) is 0. The highest BCUT2D eigenvalue weighted by molar-refractivity contribution is 6.04. The summed E-state index contributed by atoms with van der Waals surface area (Å²) in [5.41, 5.74) is 1.91. The van der Waals surface area contributed by atoms with Crippen molar-refractivity contribution in [1.82, 2.24) is 4.57 Å². The summed E-state index contributed by atoms with van der Waals surface area (Å²) in [5, 5.41) is 10.1. The molecule has 4 rings (SSSR count). The van der Waals surface area contributed by atoms with Crippen molar-refractivity contribution in [2.75, 3.05) is 0 Å². The second-order valence-electron chi connectivity index (χ2n) is 6.84. The molecule has 0 saturated heterocycles. The fourth-order valence-corrected chi connectivity index (χ4v) is 3.60. The largest absolute Gasteiger partial charge is 0.481 e. The van der Waals surface area contributed by atoms with E-state index in [1.807, 2.05) is 30.3 Å². The summed E-state index contributed by atoms with van der Waals surface area (Å²) in [6, 6.07) is 22.2. The van der Waals surface area contributed by atoms with Crippen LogP contribution in [0.3, 0.4) is 0 Å². The van der Waals surface area contributed by atoms with E-state index in [2.05, 4.69) is 0 Å². The maximum atomic E-state index is 14.8. The molecule has 4 aromatic rings. The average Bonchev–Trinajstić information content (AvgIpc) is 3.13. The third kappa shape index (κ3) is 3.55. The van der Waals surface area contributed by atoms with E-state index in [4.69, 9.17) is 0 Å². The molecule has 0 aliphatic heterocycles. The lowest BCUT2D eigenvalue weighted by Crippen LogP contribution is -2.15. The summed E-state index contributed by atoms with van der Waals surface area (Å²) < 4.78 is 16.1. The van der Waals surface area contributed by atoms with Crippen molar-refractivity contribution in [3.05, 3.63) is 108 Å². The van der Waals surface area contributed by atoms with Crippen LogP contribution in [0.5, 0.6) is 0 Å². The van der Waals surface area contributed by atoms with Crippen molar-refractivity contribution < 1.29 is 19.1 Å². The molecule has 0 saturated carbocycles. The second-order valence-corrected chi connectivity index (χ2v) is 6.84. The number of halogens is 1. The Hall–Kier alpha value is -3.73. The molecule has 0 spiro atoms. The first-order chi connectivity index (χ1) is 14.1. The van der Waals surface area contributed by atoms with Gasteiger partial charge in [-0.1, -0.05) is 54.6 Å². The Bertz CT molecular complexity index is 1180. The van der Waals surface area contributed by atoms with Crippen molar-refractivity contribution in [1.29, 1.82) is 0 Å². The van der Waals surface area contributed by atoms with Gasteiger partial charge in [0.15, 0.2) is 0 Å². The minimum atomic E-state index is -1.07. The van der Waals surface area contributed by atoms with Crippen LogP contribution in [-0.2, 0) is 11.2 Å². The average molecular weight is 387 g/mol. The second kappa shape index (κ2) is 7.72. The number of hydrogen-bond acceptors (Lipinski definition) is 2. The number of carbonyl (C=O) groups excluding carboxylic acids is 1. The number of aliphatic carboxylic acids is 1. The lowest BCUT2D eigenvalue weighted by molar-refractivity contribution is -0.138. The summed E-state index contributed by atoms with van der Waals surface area (Å²) in [6.07, 6.45) is 1.66. The van der Waals surface area contributed by atoms with Crippen molar-refractivity contribution in [3.63, 3.8) is 0 Å². The van der Waals surface area contributed by atoms with Crippen LogP contribution in [0.2, 0.25) is 0 Å². The van der Waals surface area contributed by atoms with E-state index < -0.39 is 17.7 Å². The maximum Gasteiger partial charge on any atom is 0.311 e. The van der Waals surface area contributed by atoms with E-state index in [-0.39, 0.29) is 17.7 Å². The van der Waals surface area contributed by atoms with Crippen LogP contribution in [-0.4, -0.2) is 21.6 Å². The summed E-state index contributed by atoms with van der Waals surface area (Å²) >= 11 is 0. The van der Waals surface area contributed by atoms with Crippen molar-refractivity contribution in [3.8, 4) is 0 Å². The molecule has 0 aliphatic rings. The molecule has 0 radical (unpaired) electrons. The van der Waals surface area contributed by atoms with Gasteiger partial charge in [0.1, 0.15) is 5.82 Å². The molecule has 1 unspecified atom stereocenters. The van der Waals surface area contributed by atoms with Gasteiger partial charge in [0.25, 0.3) is 5.91 Å². The summed E-state index contributed by atoms with van der Waals surface area (Å²) in [6.45, 7) is 0. The van der Waals surface area contributed by atoms with E-state index >= 15 is 0 Å². The molecule has 144 valence electrons. The lowest BCUT2D eigenvalue weighted by Gasteiger charge is -2.12. The lowest BCUT2D eigenvalue weighted by atomic mass is 9.91. The van der Waals surface area contributed by atoms with E-state index in [1.54, 1.807) is 36.4 Å². The SMILES string of the molecule is O=C(O)C(Cc1ccccc1)c1cn(C(=O)c2ccccc2)c2cccc(F)c12. The Morgan fingerprint density at radius 1 is 0.897 bits per heavy atom. The van der Waals surface area contributed by atoms with Gasteiger partial charge in [-0.25, -0.2) is 4.39 Å². The smallest absolute Gasteiger partial charge is 0.311 e. The first-order valence-corrected chi connectivity index (χ1v) is 9.22. The van der Waals surface area contributed by atoms with Crippen molar-refractivity contribution in [2.24, 2.45) is 0 Å². The molecule has 3 aromatic carbocycles. The number of carboxylic acid groups (broad SMARTS) is 1. The van der Waals surface area contributed by atoms with Crippen LogP contribution in [0.25, 0.3) is 10.9 Å². The van der Waals surface area contributed by atoms with Crippen molar-refractivity contribution in [2.45, 2.75) is 12.3 Å². The Balaban J connectivity index is 1.88. The Labute approximate surface area is 166 Å². The molecular weight excluding hydrogens is 369 g/mol. The molecule has 0 aliphatic carbocycles. The molecule has 5 heteroatoms. The molecule has 1 atom stereocenters. The fourth-order valence-electron chi connectivity index (χ4n) is 3.60. The van der Waals surface area contributed by atoms with Crippen LogP contribution < -0.4 is 0 Å². The topological polar surface area (TPSA) is 59.3 Å². The third-order valence-electron chi connectivity index (χ3n) is 5.00. The number of rotatable bonds is 5. The van der Waals surface area contributed by atoms with Gasteiger partial charge in [0.05, 0.1) is 11.4 Å². The van der Waals surface area contributed by atoms with E-state index in [9.17, 15) is 19.1 Å². The maximum absolute atomic E-state index is 14.8. The molecular formula is C24H18FNO3. The normalized spacial score (nSPS) is 12.0. The summed E-state index contributed by atoms with van der Waals surface area (Å²) in [4.78, 5) is 25.1. The van der Waals surface area contributed by atoms with Gasteiger partial charge in [-0.3, -0.25) is 14.2 Å². The summed E-state index contributed by atoms with van der Waals surface area (Å²) in [5.74, 6) is -2.93. The molecule has 0 fully saturated rings. The highest BCUT2D eigenvalue weighted by atomic mass is 19.1. The van der Waals surface area contributed by atoms with Crippen LogP contribution >= 0.6 is 0 Å². The number of aromatic nitrogens is 1. The number of carboxylic acids is 1. The third-order valence-corrected chi connectivity index (χ3v) is 5.00. The van der Waals surface area contributed by atoms with Gasteiger partial charge in [-0.05, 0) is 41.8 Å². The number of carbonyl (C=O) groups is 2. The van der Waals surface area contributed by atoms with Crippen LogP contribution in [0.1, 0.15) is 27.4 Å². The zero-order valence-corrected chi connectivity index (χ0v) is 15.5. The molecule has 0 bridgehead atoms. The van der Waals surface area contributed by atoms with E-state index in [1.165, 1.54) is 22.9 Å². The van der Waals surface area contributed by atoms with Gasteiger partial charge in [0.2, 0.25) is 0 Å². The van der Waals surface area contributed by atoms with Crippen LogP contribution in [0.4, 0.5) is 4.39 Å². The van der Waals surface area contributed by atoms with Gasteiger partial charge in [-0.15, -0.1) is 0 Å². The standard InChI is InChI=1S/C24H18FNO3/c25-20-12-7-13-21-22(20)19(15-26(21)23(27)17-10-5-2-6-11-17)18(24(28)29)14-16-8-3-1-4-9-16/h1-13,15,18H,14H2,(H,28,29). The Morgan fingerprint density at radius 3 is 2.21 bits per heavy atom. The Kier molecular flexibility index (Phi) is 4.96. The minimum absolute atomic E-state index is 0.167. The quantitative estimate of drug-likeness (QED) is 0.531.